The van der Waals surface area contributed by atoms with Crippen molar-refractivity contribution < 1.29 is 4.74 Å². The van der Waals surface area contributed by atoms with Crippen LogP contribution in [0, 0.1) is 0 Å². The first-order valence-corrected chi connectivity index (χ1v) is 6.87. The molecule has 0 saturated heterocycles. The summed E-state index contributed by atoms with van der Waals surface area (Å²) in [6.07, 6.45) is 0.890. The molecule has 0 amide bonds. The van der Waals surface area contributed by atoms with Crippen molar-refractivity contribution in [2.75, 3.05) is 13.7 Å². The lowest BCUT2D eigenvalue weighted by molar-refractivity contribution is 0.414. The second-order valence-electron chi connectivity index (χ2n) is 4.64. The van der Waals surface area contributed by atoms with Gasteiger partial charge in [-0.1, -0.05) is 19.1 Å². The van der Waals surface area contributed by atoms with Crippen LogP contribution in [0.5, 0.6) is 5.75 Å². The third-order valence-corrected chi connectivity index (χ3v) is 3.23. The van der Waals surface area contributed by atoms with Gasteiger partial charge in [-0.3, -0.25) is 0 Å². The third-order valence-electron chi connectivity index (χ3n) is 3.23. The van der Waals surface area contributed by atoms with Crippen molar-refractivity contribution in [3.05, 3.63) is 35.7 Å². The maximum absolute atomic E-state index is 5.15. The number of rotatable bonds is 7. The van der Waals surface area contributed by atoms with E-state index in [0.29, 0.717) is 0 Å². The number of benzene rings is 1. The van der Waals surface area contributed by atoms with Crippen LogP contribution < -0.4 is 10.1 Å². The highest BCUT2D eigenvalue weighted by Crippen LogP contribution is 2.13. The van der Waals surface area contributed by atoms with Gasteiger partial charge in [-0.05, 0) is 48.0 Å². The summed E-state index contributed by atoms with van der Waals surface area (Å²) in [5.41, 5.74) is 1.24. The smallest absolute Gasteiger partial charge is 0.167 e. The number of aryl methyl sites for hydroxylation is 2. The fourth-order valence-electron chi connectivity index (χ4n) is 2.11. The zero-order valence-corrected chi connectivity index (χ0v) is 12.2. The van der Waals surface area contributed by atoms with E-state index >= 15 is 0 Å². The highest BCUT2D eigenvalue weighted by molar-refractivity contribution is 5.27. The van der Waals surface area contributed by atoms with Gasteiger partial charge in [-0.15, -0.1) is 5.10 Å². The van der Waals surface area contributed by atoms with E-state index in [0.717, 1.165) is 31.1 Å². The summed E-state index contributed by atoms with van der Waals surface area (Å²) in [7, 11) is 1.67. The van der Waals surface area contributed by atoms with E-state index in [-0.39, 0.29) is 6.04 Å². The van der Waals surface area contributed by atoms with Gasteiger partial charge in [0.1, 0.15) is 5.75 Å². The summed E-state index contributed by atoms with van der Waals surface area (Å²) in [5.74, 6) is 1.75. The molecule has 1 aromatic heterocycles. The zero-order chi connectivity index (χ0) is 14.4. The van der Waals surface area contributed by atoms with Crippen molar-refractivity contribution in [2.24, 2.45) is 0 Å². The summed E-state index contributed by atoms with van der Waals surface area (Å²) in [6, 6.07) is 8.23. The molecule has 0 aliphatic carbocycles. The minimum atomic E-state index is 0.158. The van der Waals surface area contributed by atoms with Crippen molar-refractivity contribution in [1.82, 2.24) is 25.5 Å². The van der Waals surface area contributed by atoms with Crippen molar-refractivity contribution >= 4 is 0 Å². The molecule has 0 radical (unpaired) electrons. The van der Waals surface area contributed by atoms with Crippen LogP contribution in [0.1, 0.15) is 31.3 Å². The minimum absolute atomic E-state index is 0.158. The molecule has 0 aliphatic heterocycles. The molecule has 108 valence electrons. The van der Waals surface area contributed by atoms with Gasteiger partial charge in [-0.25, -0.2) is 4.68 Å². The Bertz CT molecular complexity index is 523. The van der Waals surface area contributed by atoms with Crippen molar-refractivity contribution in [2.45, 2.75) is 32.9 Å². The molecule has 2 rings (SSSR count). The number of nitrogens with one attached hydrogen (secondary N) is 1. The highest BCUT2D eigenvalue weighted by Gasteiger charge is 2.13. The number of ether oxygens (including phenoxy) is 1. The molecule has 0 bridgehead atoms. The SMILES string of the molecule is CCNC(C)c1nnnn1CCc1ccc(OC)cc1. The summed E-state index contributed by atoms with van der Waals surface area (Å²) >= 11 is 0. The Morgan fingerprint density at radius 3 is 2.70 bits per heavy atom. The highest BCUT2D eigenvalue weighted by atomic mass is 16.5. The molecule has 1 N–H and O–H groups in total. The fourth-order valence-corrected chi connectivity index (χ4v) is 2.11. The van der Waals surface area contributed by atoms with Crippen molar-refractivity contribution in [3.8, 4) is 5.75 Å². The van der Waals surface area contributed by atoms with Crippen LogP contribution in [0.4, 0.5) is 0 Å². The number of nitrogens with zero attached hydrogens (tertiary/aromatic N) is 4. The Morgan fingerprint density at radius 2 is 2.05 bits per heavy atom. The van der Waals surface area contributed by atoms with Crippen LogP contribution >= 0.6 is 0 Å². The second kappa shape index (κ2) is 7.00. The summed E-state index contributed by atoms with van der Waals surface area (Å²) in [6.45, 7) is 5.80. The van der Waals surface area contributed by atoms with Crippen molar-refractivity contribution in [3.63, 3.8) is 0 Å². The van der Waals surface area contributed by atoms with Gasteiger partial charge in [0.25, 0.3) is 0 Å². The predicted octanol–water partition coefficient (Wildman–Crippen LogP) is 1.59. The first-order chi connectivity index (χ1) is 9.74. The number of tetrazole rings is 1. The van der Waals surface area contributed by atoms with Crippen LogP contribution in [0.2, 0.25) is 0 Å². The maximum Gasteiger partial charge on any atom is 0.167 e. The van der Waals surface area contributed by atoms with E-state index in [4.69, 9.17) is 4.74 Å². The molecule has 0 spiro atoms. The van der Waals surface area contributed by atoms with Gasteiger partial charge < -0.3 is 10.1 Å². The quantitative estimate of drug-likeness (QED) is 0.831. The first-order valence-electron chi connectivity index (χ1n) is 6.87. The van der Waals surface area contributed by atoms with Crippen LogP contribution in [-0.2, 0) is 13.0 Å². The molecule has 1 atom stereocenters. The van der Waals surface area contributed by atoms with Gasteiger partial charge in [0, 0.05) is 6.54 Å². The molecule has 1 unspecified atom stereocenters. The van der Waals surface area contributed by atoms with E-state index in [1.165, 1.54) is 5.56 Å². The largest absolute Gasteiger partial charge is 0.497 e. The third kappa shape index (κ3) is 3.54. The number of aromatic nitrogens is 4. The standard InChI is InChI=1S/C14H21N5O/c1-4-15-11(2)14-16-17-18-19(14)10-9-12-5-7-13(20-3)8-6-12/h5-8,11,15H,4,9-10H2,1-3H3. The van der Waals surface area contributed by atoms with Crippen LogP contribution in [-0.4, -0.2) is 33.9 Å². The average Bonchev–Trinajstić information content (AvgIpc) is 2.94. The summed E-state index contributed by atoms with van der Waals surface area (Å²) < 4.78 is 7.01. The first kappa shape index (κ1) is 14.5. The molecule has 0 fully saturated rings. The Kier molecular flexibility index (Phi) is 5.06. The van der Waals surface area contributed by atoms with Crippen LogP contribution in [0.25, 0.3) is 0 Å². The predicted molar refractivity (Wildman–Crippen MR) is 76.6 cm³/mol. The van der Waals surface area contributed by atoms with E-state index in [1.807, 2.05) is 16.8 Å². The lowest BCUT2D eigenvalue weighted by Gasteiger charge is -2.12. The molecule has 0 saturated carbocycles. The van der Waals surface area contributed by atoms with E-state index in [9.17, 15) is 0 Å². The molecular weight excluding hydrogens is 254 g/mol. The lowest BCUT2D eigenvalue weighted by Crippen LogP contribution is -2.22. The van der Waals surface area contributed by atoms with Gasteiger partial charge in [0.2, 0.25) is 0 Å². The Hall–Kier alpha value is -1.95. The fraction of sp³-hybridized carbons (Fsp3) is 0.500. The Balaban J connectivity index is 1.98. The van der Waals surface area contributed by atoms with Gasteiger partial charge >= 0.3 is 0 Å². The molecule has 20 heavy (non-hydrogen) atoms. The molecule has 1 aromatic carbocycles. The second-order valence-corrected chi connectivity index (χ2v) is 4.64. The summed E-state index contributed by atoms with van der Waals surface area (Å²) in [4.78, 5) is 0. The molecule has 2 aromatic rings. The summed E-state index contributed by atoms with van der Waals surface area (Å²) in [5, 5.41) is 15.2. The monoisotopic (exact) mass is 275 g/mol. The van der Waals surface area contributed by atoms with Crippen molar-refractivity contribution in [1.29, 1.82) is 0 Å². The normalized spacial score (nSPS) is 12.3. The molecular formula is C14H21N5O. The number of hydrogen-bond donors (Lipinski definition) is 1. The van der Waals surface area contributed by atoms with E-state index in [2.05, 4.69) is 46.8 Å². The van der Waals surface area contributed by atoms with Gasteiger partial charge in [0.05, 0.1) is 13.2 Å². The number of methoxy groups -OCH3 is 1. The van der Waals surface area contributed by atoms with Gasteiger partial charge in [0.15, 0.2) is 5.82 Å². The minimum Gasteiger partial charge on any atom is -0.497 e. The Morgan fingerprint density at radius 1 is 1.30 bits per heavy atom. The molecule has 6 nitrogen and oxygen atoms in total. The topological polar surface area (TPSA) is 64.9 Å². The molecule has 0 aliphatic rings. The zero-order valence-electron chi connectivity index (χ0n) is 12.2. The van der Waals surface area contributed by atoms with Crippen LogP contribution in [0.3, 0.4) is 0 Å². The number of hydrogen-bond acceptors (Lipinski definition) is 5. The molecule has 1 heterocycles. The van der Waals surface area contributed by atoms with E-state index < -0.39 is 0 Å². The van der Waals surface area contributed by atoms with Crippen LogP contribution in [0.15, 0.2) is 24.3 Å². The van der Waals surface area contributed by atoms with Gasteiger partial charge in [-0.2, -0.15) is 0 Å². The van der Waals surface area contributed by atoms with E-state index in [1.54, 1.807) is 7.11 Å². The average molecular weight is 275 g/mol. The lowest BCUT2D eigenvalue weighted by atomic mass is 10.1. The Labute approximate surface area is 119 Å². The maximum atomic E-state index is 5.15. The molecule has 6 heteroatoms.